The SMILES string of the molecule is CCN(CC)CCOC1CCN(CC(C)(C)N)CC1. The van der Waals surface area contributed by atoms with Gasteiger partial charge in [0.2, 0.25) is 0 Å². The van der Waals surface area contributed by atoms with Gasteiger partial charge in [-0.25, -0.2) is 0 Å². The van der Waals surface area contributed by atoms with Crippen molar-refractivity contribution in [2.45, 2.75) is 52.2 Å². The molecule has 0 aromatic carbocycles. The zero-order chi connectivity index (χ0) is 14.3. The van der Waals surface area contributed by atoms with Crippen molar-refractivity contribution < 1.29 is 4.74 Å². The molecule has 0 atom stereocenters. The maximum atomic E-state index is 6.07. The second-order valence-electron chi connectivity index (χ2n) is 6.36. The van der Waals surface area contributed by atoms with Crippen LogP contribution in [-0.2, 0) is 4.74 Å². The van der Waals surface area contributed by atoms with Gasteiger partial charge in [-0.1, -0.05) is 13.8 Å². The number of likely N-dealkylation sites (N-methyl/N-ethyl adjacent to an activating group) is 1. The van der Waals surface area contributed by atoms with Gasteiger partial charge in [0.15, 0.2) is 0 Å². The van der Waals surface area contributed by atoms with E-state index in [4.69, 9.17) is 10.5 Å². The van der Waals surface area contributed by atoms with Gasteiger partial charge in [-0.2, -0.15) is 0 Å². The van der Waals surface area contributed by atoms with E-state index in [0.29, 0.717) is 6.10 Å². The van der Waals surface area contributed by atoms with Crippen LogP contribution in [0.3, 0.4) is 0 Å². The maximum absolute atomic E-state index is 6.07. The molecule has 114 valence electrons. The van der Waals surface area contributed by atoms with E-state index in [1.165, 1.54) is 0 Å². The van der Waals surface area contributed by atoms with Gasteiger partial charge < -0.3 is 20.3 Å². The van der Waals surface area contributed by atoms with Gasteiger partial charge in [0.1, 0.15) is 0 Å². The van der Waals surface area contributed by atoms with Crippen molar-refractivity contribution in [1.29, 1.82) is 0 Å². The number of ether oxygens (including phenoxy) is 1. The fourth-order valence-corrected chi connectivity index (χ4v) is 2.70. The van der Waals surface area contributed by atoms with Crippen LogP contribution in [0.2, 0.25) is 0 Å². The first-order chi connectivity index (χ1) is 8.94. The second kappa shape index (κ2) is 8.20. The van der Waals surface area contributed by atoms with Crippen molar-refractivity contribution in [3.8, 4) is 0 Å². The smallest absolute Gasteiger partial charge is 0.0600 e. The summed E-state index contributed by atoms with van der Waals surface area (Å²) >= 11 is 0. The monoisotopic (exact) mass is 271 g/mol. The summed E-state index contributed by atoms with van der Waals surface area (Å²) in [5, 5.41) is 0. The molecule has 2 N–H and O–H groups in total. The van der Waals surface area contributed by atoms with Crippen LogP contribution in [0, 0.1) is 0 Å². The molecule has 1 aliphatic heterocycles. The Balaban J connectivity index is 2.13. The van der Waals surface area contributed by atoms with E-state index in [1.807, 2.05) is 0 Å². The van der Waals surface area contributed by atoms with E-state index in [0.717, 1.165) is 58.7 Å². The Morgan fingerprint density at radius 2 is 1.79 bits per heavy atom. The van der Waals surface area contributed by atoms with Crippen LogP contribution in [0.5, 0.6) is 0 Å². The van der Waals surface area contributed by atoms with Gasteiger partial charge in [0.25, 0.3) is 0 Å². The molecule has 1 saturated heterocycles. The molecule has 19 heavy (non-hydrogen) atoms. The highest BCUT2D eigenvalue weighted by molar-refractivity contribution is 4.81. The van der Waals surface area contributed by atoms with E-state index in [-0.39, 0.29) is 5.54 Å². The Bertz CT molecular complexity index is 228. The van der Waals surface area contributed by atoms with Crippen LogP contribution in [0.1, 0.15) is 40.5 Å². The number of hydrogen-bond acceptors (Lipinski definition) is 4. The zero-order valence-corrected chi connectivity index (χ0v) is 13.3. The molecule has 1 rings (SSSR count). The average Bonchev–Trinajstić information content (AvgIpc) is 2.35. The lowest BCUT2D eigenvalue weighted by molar-refractivity contribution is -0.00345. The molecule has 0 spiro atoms. The van der Waals surface area contributed by atoms with Gasteiger partial charge in [-0.15, -0.1) is 0 Å². The molecule has 1 aliphatic rings. The van der Waals surface area contributed by atoms with Crippen LogP contribution in [-0.4, -0.2) is 67.3 Å². The molecule has 0 radical (unpaired) electrons. The topological polar surface area (TPSA) is 41.7 Å². The Hall–Kier alpha value is -0.160. The van der Waals surface area contributed by atoms with Gasteiger partial charge in [-0.3, -0.25) is 0 Å². The third kappa shape index (κ3) is 7.25. The Morgan fingerprint density at radius 1 is 1.21 bits per heavy atom. The van der Waals surface area contributed by atoms with Gasteiger partial charge in [0.05, 0.1) is 12.7 Å². The molecule has 1 fully saturated rings. The van der Waals surface area contributed by atoms with Crippen LogP contribution < -0.4 is 5.73 Å². The summed E-state index contributed by atoms with van der Waals surface area (Å²) < 4.78 is 6.00. The quantitative estimate of drug-likeness (QED) is 0.727. The molecular formula is C15H33N3O. The summed E-state index contributed by atoms with van der Waals surface area (Å²) in [6.45, 7) is 16.0. The lowest BCUT2D eigenvalue weighted by Crippen LogP contribution is -2.48. The summed E-state index contributed by atoms with van der Waals surface area (Å²) in [6.07, 6.45) is 2.75. The zero-order valence-electron chi connectivity index (χ0n) is 13.3. The van der Waals surface area contributed by atoms with Crippen LogP contribution in [0.15, 0.2) is 0 Å². The van der Waals surface area contributed by atoms with Crippen molar-refractivity contribution in [3.63, 3.8) is 0 Å². The van der Waals surface area contributed by atoms with Crippen LogP contribution >= 0.6 is 0 Å². The molecular weight excluding hydrogens is 238 g/mol. The molecule has 0 unspecified atom stereocenters. The highest BCUT2D eigenvalue weighted by atomic mass is 16.5. The van der Waals surface area contributed by atoms with Crippen molar-refractivity contribution in [3.05, 3.63) is 0 Å². The standard InChI is InChI=1S/C15H33N3O/c1-5-17(6-2)11-12-19-14-7-9-18(10-8-14)13-15(3,4)16/h14H,5-13,16H2,1-4H3. The number of likely N-dealkylation sites (tertiary alicyclic amines) is 1. The van der Waals surface area contributed by atoms with Crippen molar-refractivity contribution in [1.82, 2.24) is 9.80 Å². The molecule has 0 amide bonds. The Kier molecular flexibility index (Phi) is 7.29. The summed E-state index contributed by atoms with van der Waals surface area (Å²) in [5.41, 5.74) is 5.98. The summed E-state index contributed by atoms with van der Waals surface area (Å²) in [5.74, 6) is 0. The fraction of sp³-hybridized carbons (Fsp3) is 1.00. The van der Waals surface area contributed by atoms with E-state index < -0.39 is 0 Å². The minimum Gasteiger partial charge on any atom is -0.377 e. The highest BCUT2D eigenvalue weighted by Crippen LogP contribution is 2.15. The van der Waals surface area contributed by atoms with Crippen molar-refractivity contribution >= 4 is 0 Å². The molecule has 0 aromatic heterocycles. The van der Waals surface area contributed by atoms with E-state index in [2.05, 4.69) is 37.5 Å². The van der Waals surface area contributed by atoms with Gasteiger partial charge >= 0.3 is 0 Å². The number of rotatable bonds is 8. The predicted molar refractivity (Wildman–Crippen MR) is 81.5 cm³/mol. The molecule has 0 aliphatic carbocycles. The molecule has 0 saturated carbocycles. The van der Waals surface area contributed by atoms with Crippen LogP contribution in [0.4, 0.5) is 0 Å². The van der Waals surface area contributed by atoms with Gasteiger partial charge in [0, 0.05) is 31.7 Å². The van der Waals surface area contributed by atoms with Crippen molar-refractivity contribution in [2.24, 2.45) is 5.73 Å². The van der Waals surface area contributed by atoms with Crippen molar-refractivity contribution in [2.75, 3.05) is 45.9 Å². The summed E-state index contributed by atoms with van der Waals surface area (Å²) in [7, 11) is 0. The third-order valence-corrected chi connectivity index (χ3v) is 3.82. The minimum absolute atomic E-state index is 0.0869. The van der Waals surface area contributed by atoms with Crippen LogP contribution in [0.25, 0.3) is 0 Å². The fourth-order valence-electron chi connectivity index (χ4n) is 2.70. The third-order valence-electron chi connectivity index (χ3n) is 3.82. The number of piperidine rings is 1. The van der Waals surface area contributed by atoms with E-state index >= 15 is 0 Å². The maximum Gasteiger partial charge on any atom is 0.0600 e. The molecule has 1 heterocycles. The Labute approximate surface area is 119 Å². The first-order valence-electron chi connectivity index (χ1n) is 7.79. The van der Waals surface area contributed by atoms with Gasteiger partial charge in [-0.05, 0) is 39.8 Å². The molecule has 4 heteroatoms. The highest BCUT2D eigenvalue weighted by Gasteiger charge is 2.23. The lowest BCUT2D eigenvalue weighted by atomic mass is 10.0. The molecule has 4 nitrogen and oxygen atoms in total. The van der Waals surface area contributed by atoms with E-state index in [9.17, 15) is 0 Å². The normalized spacial score (nSPS) is 19.3. The first kappa shape index (κ1) is 16.9. The van der Waals surface area contributed by atoms with E-state index in [1.54, 1.807) is 0 Å². The number of nitrogens with two attached hydrogens (primary N) is 1. The number of hydrogen-bond donors (Lipinski definition) is 1. The molecule has 0 bridgehead atoms. The largest absolute Gasteiger partial charge is 0.377 e. The Morgan fingerprint density at radius 3 is 2.26 bits per heavy atom. The average molecular weight is 271 g/mol. The summed E-state index contributed by atoms with van der Waals surface area (Å²) in [6, 6.07) is 0. The number of nitrogens with zero attached hydrogens (tertiary/aromatic N) is 2. The molecule has 0 aromatic rings. The lowest BCUT2D eigenvalue weighted by Gasteiger charge is -2.35. The first-order valence-corrected chi connectivity index (χ1v) is 7.79. The predicted octanol–water partition coefficient (Wildman–Crippen LogP) is 1.55. The minimum atomic E-state index is -0.0869. The second-order valence-corrected chi connectivity index (χ2v) is 6.36. The summed E-state index contributed by atoms with van der Waals surface area (Å²) in [4.78, 5) is 4.87.